The Balaban J connectivity index is 2.18. The molecule has 18 heavy (non-hydrogen) atoms. The maximum Gasteiger partial charge on any atom is 0.419 e. The van der Waals surface area contributed by atoms with E-state index >= 15 is 0 Å². The second kappa shape index (κ2) is 5.18. The molecule has 2 nitrogen and oxygen atoms in total. The lowest BCUT2D eigenvalue weighted by molar-refractivity contribution is -0.138. The third-order valence-electron chi connectivity index (χ3n) is 3.26. The summed E-state index contributed by atoms with van der Waals surface area (Å²) in [6, 6.07) is 4.15. The smallest absolute Gasteiger partial charge is 0.419 e. The van der Waals surface area contributed by atoms with E-state index in [0.717, 1.165) is 37.6 Å². The van der Waals surface area contributed by atoms with Crippen LogP contribution in [0, 0.1) is 5.92 Å². The van der Waals surface area contributed by atoms with Crippen molar-refractivity contribution in [3.63, 3.8) is 0 Å². The van der Waals surface area contributed by atoms with Gasteiger partial charge in [0.15, 0.2) is 0 Å². The molecule has 0 saturated carbocycles. The minimum Gasteiger partial charge on any atom is -0.496 e. The minimum absolute atomic E-state index is 0.0917. The van der Waals surface area contributed by atoms with Crippen molar-refractivity contribution in [1.82, 2.24) is 5.32 Å². The number of hydrogen-bond acceptors (Lipinski definition) is 2. The number of nitrogens with one attached hydrogen (secondary N) is 1. The van der Waals surface area contributed by atoms with Crippen molar-refractivity contribution in [3.05, 3.63) is 29.3 Å². The predicted molar refractivity (Wildman–Crippen MR) is 62.7 cm³/mol. The summed E-state index contributed by atoms with van der Waals surface area (Å²) >= 11 is 0. The first-order valence-electron chi connectivity index (χ1n) is 5.95. The largest absolute Gasteiger partial charge is 0.496 e. The molecule has 0 aliphatic carbocycles. The van der Waals surface area contributed by atoms with E-state index in [-0.39, 0.29) is 5.75 Å². The van der Waals surface area contributed by atoms with Gasteiger partial charge in [-0.05, 0) is 49.5 Å². The molecule has 0 amide bonds. The van der Waals surface area contributed by atoms with Gasteiger partial charge >= 0.3 is 6.18 Å². The number of rotatable bonds is 3. The molecule has 1 atom stereocenters. The van der Waals surface area contributed by atoms with Crippen molar-refractivity contribution in [2.45, 2.75) is 19.0 Å². The molecule has 1 heterocycles. The average molecular weight is 259 g/mol. The zero-order chi connectivity index (χ0) is 13.2. The SMILES string of the molecule is COc1cc(CC2CCNC2)ccc1C(F)(F)F. The van der Waals surface area contributed by atoms with Crippen molar-refractivity contribution in [2.24, 2.45) is 5.92 Å². The Morgan fingerprint density at radius 1 is 1.39 bits per heavy atom. The Labute approximate surface area is 104 Å². The first-order chi connectivity index (χ1) is 8.50. The lowest BCUT2D eigenvalue weighted by Gasteiger charge is -2.14. The third kappa shape index (κ3) is 2.96. The fourth-order valence-corrected chi connectivity index (χ4v) is 2.32. The maximum atomic E-state index is 12.7. The molecule has 5 heteroatoms. The van der Waals surface area contributed by atoms with Crippen LogP contribution in [0.4, 0.5) is 13.2 Å². The van der Waals surface area contributed by atoms with Gasteiger partial charge in [-0.15, -0.1) is 0 Å². The Morgan fingerprint density at radius 2 is 2.17 bits per heavy atom. The summed E-state index contributed by atoms with van der Waals surface area (Å²) < 4.78 is 42.9. The van der Waals surface area contributed by atoms with Gasteiger partial charge in [0.2, 0.25) is 0 Å². The van der Waals surface area contributed by atoms with Gasteiger partial charge in [0, 0.05) is 0 Å². The zero-order valence-electron chi connectivity index (χ0n) is 10.2. The van der Waals surface area contributed by atoms with E-state index in [1.807, 2.05) is 0 Å². The molecule has 1 aromatic rings. The standard InChI is InChI=1S/C13H16F3NO/c1-18-12-7-9(6-10-4-5-17-8-10)2-3-11(12)13(14,15)16/h2-3,7,10,17H,4-6,8H2,1H3. The van der Waals surface area contributed by atoms with E-state index in [2.05, 4.69) is 5.32 Å². The van der Waals surface area contributed by atoms with Crippen LogP contribution in [0.15, 0.2) is 18.2 Å². The van der Waals surface area contributed by atoms with Crippen LogP contribution in [0.1, 0.15) is 17.5 Å². The van der Waals surface area contributed by atoms with Crippen LogP contribution < -0.4 is 10.1 Å². The maximum absolute atomic E-state index is 12.7. The highest BCUT2D eigenvalue weighted by Gasteiger charge is 2.34. The Morgan fingerprint density at radius 3 is 2.72 bits per heavy atom. The van der Waals surface area contributed by atoms with Crippen LogP contribution in [0.3, 0.4) is 0 Å². The average Bonchev–Trinajstić information content (AvgIpc) is 2.80. The topological polar surface area (TPSA) is 21.3 Å². The van der Waals surface area contributed by atoms with Crippen LogP contribution in [-0.4, -0.2) is 20.2 Å². The molecule has 2 rings (SSSR count). The fourth-order valence-electron chi connectivity index (χ4n) is 2.32. The van der Waals surface area contributed by atoms with Crippen molar-refractivity contribution in [3.8, 4) is 5.75 Å². The molecule has 1 aromatic carbocycles. The van der Waals surface area contributed by atoms with Gasteiger partial charge in [0.25, 0.3) is 0 Å². The van der Waals surface area contributed by atoms with E-state index in [1.165, 1.54) is 13.2 Å². The van der Waals surface area contributed by atoms with E-state index in [0.29, 0.717) is 5.92 Å². The molecule has 1 saturated heterocycles. The molecular weight excluding hydrogens is 243 g/mol. The van der Waals surface area contributed by atoms with Crippen LogP contribution in [0.25, 0.3) is 0 Å². The fraction of sp³-hybridized carbons (Fsp3) is 0.538. The molecule has 1 unspecified atom stereocenters. The van der Waals surface area contributed by atoms with Gasteiger partial charge in [-0.25, -0.2) is 0 Å². The predicted octanol–water partition coefficient (Wildman–Crippen LogP) is 2.87. The van der Waals surface area contributed by atoms with Gasteiger partial charge < -0.3 is 10.1 Å². The summed E-state index contributed by atoms with van der Waals surface area (Å²) in [6.45, 7) is 1.92. The van der Waals surface area contributed by atoms with Crippen LogP contribution in [-0.2, 0) is 12.6 Å². The molecule has 0 bridgehead atoms. The van der Waals surface area contributed by atoms with Gasteiger partial charge in [-0.2, -0.15) is 13.2 Å². The molecule has 1 fully saturated rings. The summed E-state index contributed by atoms with van der Waals surface area (Å²) in [5, 5.41) is 3.25. The summed E-state index contributed by atoms with van der Waals surface area (Å²) in [4.78, 5) is 0. The molecule has 1 N–H and O–H groups in total. The van der Waals surface area contributed by atoms with Crippen LogP contribution in [0.5, 0.6) is 5.75 Å². The summed E-state index contributed by atoms with van der Waals surface area (Å²) in [6.07, 6.45) is -2.50. The lowest BCUT2D eigenvalue weighted by Crippen LogP contribution is -2.12. The molecule has 0 aromatic heterocycles. The number of methoxy groups -OCH3 is 1. The zero-order valence-corrected chi connectivity index (χ0v) is 10.2. The number of alkyl halides is 3. The molecule has 0 spiro atoms. The lowest BCUT2D eigenvalue weighted by atomic mass is 9.97. The number of ether oxygens (including phenoxy) is 1. The number of benzene rings is 1. The second-order valence-corrected chi connectivity index (χ2v) is 4.60. The Bertz CT molecular complexity index is 411. The van der Waals surface area contributed by atoms with E-state index in [9.17, 15) is 13.2 Å². The van der Waals surface area contributed by atoms with Crippen molar-refractivity contribution in [2.75, 3.05) is 20.2 Å². The van der Waals surface area contributed by atoms with Crippen molar-refractivity contribution < 1.29 is 17.9 Å². The third-order valence-corrected chi connectivity index (χ3v) is 3.26. The number of hydrogen-bond donors (Lipinski definition) is 1. The molecule has 100 valence electrons. The molecule has 0 radical (unpaired) electrons. The normalized spacial score (nSPS) is 20.1. The van der Waals surface area contributed by atoms with E-state index in [1.54, 1.807) is 6.07 Å². The Hall–Kier alpha value is -1.23. The summed E-state index contributed by atoms with van der Waals surface area (Å²) in [5.74, 6) is 0.414. The highest BCUT2D eigenvalue weighted by atomic mass is 19.4. The van der Waals surface area contributed by atoms with E-state index in [4.69, 9.17) is 4.74 Å². The van der Waals surface area contributed by atoms with Gasteiger partial charge in [0.05, 0.1) is 12.7 Å². The van der Waals surface area contributed by atoms with E-state index < -0.39 is 11.7 Å². The highest BCUT2D eigenvalue weighted by Crippen LogP contribution is 2.36. The van der Waals surface area contributed by atoms with Crippen molar-refractivity contribution >= 4 is 0 Å². The van der Waals surface area contributed by atoms with Crippen LogP contribution in [0.2, 0.25) is 0 Å². The summed E-state index contributed by atoms with van der Waals surface area (Å²) in [5.41, 5.74) is 0.187. The minimum atomic E-state index is -4.36. The van der Waals surface area contributed by atoms with Crippen LogP contribution >= 0.6 is 0 Å². The highest BCUT2D eigenvalue weighted by molar-refractivity contribution is 5.39. The summed E-state index contributed by atoms with van der Waals surface area (Å²) in [7, 11) is 1.27. The molecular formula is C13H16F3NO. The first kappa shape index (κ1) is 13.2. The number of halogens is 3. The molecule has 1 aliphatic rings. The van der Waals surface area contributed by atoms with Crippen molar-refractivity contribution in [1.29, 1.82) is 0 Å². The second-order valence-electron chi connectivity index (χ2n) is 4.60. The quantitative estimate of drug-likeness (QED) is 0.901. The van der Waals surface area contributed by atoms with Gasteiger partial charge in [-0.1, -0.05) is 6.07 Å². The molecule has 1 aliphatic heterocycles. The van der Waals surface area contributed by atoms with Gasteiger partial charge in [-0.3, -0.25) is 0 Å². The Kier molecular flexibility index (Phi) is 3.80. The first-order valence-corrected chi connectivity index (χ1v) is 5.95. The van der Waals surface area contributed by atoms with Gasteiger partial charge in [0.1, 0.15) is 5.75 Å². The monoisotopic (exact) mass is 259 g/mol.